The van der Waals surface area contributed by atoms with Gasteiger partial charge >= 0.3 is 6.09 Å². The molecule has 4 aliphatic rings. The van der Waals surface area contributed by atoms with Crippen molar-refractivity contribution in [3.63, 3.8) is 0 Å². The molecule has 3 aliphatic heterocycles. The predicted octanol–water partition coefficient (Wildman–Crippen LogP) is 0.393. The van der Waals surface area contributed by atoms with Crippen molar-refractivity contribution in [2.45, 2.75) is 56.3 Å². The largest absolute Gasteiger partial charge is 0.465 e. The molecular weight excluding hydrogens is 274 g/mol. The Morgan fingerprint density at radius 3 is 2.62 bits per heavy atom. The molecule has 5 atom stereocenters. The number of likely N-dealkylation sites (tertiary alicyclic amines) is 1. The van der Waals surface area contributed by atoms with Crippen LogP contribution < -0.4 is 0 Å². The number of piperidine rings is 2. The van der Waals surface area contributed by atoms with Crippen molar-refractivity contribution in [2.24, 2.45) is 5.92 Å². The maximum Gasteiger partial charge on any atom is 0.408 e. The Bertz CT molecular complexity index is 503. The number of hydrogen-bond acceptors (Lipinski definition) is 4. The lowest BCUT2D eigenvalue weighted by Gasteiger charge is -2.52. The van der Waals surface area contributed by atoms with E-state index in [2.05, 4.69) is 6.07 Å². The molecule has 21 heavy (non-hydrogen) atoms. The van der Waals surface area contributed by atoms with Gasteiger partial charge in [-0.25, -0.2) is 4.79 Å². The van der Waals surface area contributed by atoms with E-state index in [1.165, 1.54) is 9.80 Å². The van der Waals surface area contributed by atoms with Crippen LogP contribution in [0.3, 0.4) is 0 Å². The third-order valence-corrected chi connectivity index (χ3v) is 5.10. The van der Waals surface area contributed by atoms with Gasteiger partial charge in [0.05, 0.1) is 12.2 Å². The topological polar surface area (TPSA) is 105 Å². The molecule has 2 bridgehead atoms. The van der Waals surface area contributed by atoms with Crippen molar-refractivity contribution >= 4 is 12.0 Å². The van der Waals surface area contributed by atoms with Crippen LogP contribution in [0.4, 0.5) is 4.79 Å². The van der Waals surface area contributed by atoms with Crippen molar-refractivity contribution < 1.29 is 19.8 Å². The van der Waals surface area contributed by atoms with Gasteiger partial charge < -0.3 is 15.1 Å². The van der Waals surface area contributed by atoms with Crippen LogP contribution in [-0.4, -0.2) is 62.8 Å². The van der Waals surface area contributed by atoms with Crippen LogP contribution in [0.5, 0.6) is 0 Å². The molecule has 4 rings (SSSR count). The van der Waals surface area contributed by atoms with Gasteiger partial charge in [0.1, 0.15) is 12.1 Å². The van der Waals surface area contributed by atoms with Gasteiger partial charge in [-0.3, -0.25) is 9.69 Å². The first-order chi connectivity index (χ1) is 10.0. The summed E-state index contributed by atoms with van der Waals surface area (Å²) >= 11 is 0. The summed E-state index contributed by atoms with van der Waals surface area (Å²) in [6.07, 6.45) is 1.43. The number of rotatable bonds is 1. The fourth-order valence-corrected chi connectivity index (χ4v) is 4.11. The van der Waals surface area contributed by atoms with Gasteiger partial charge in [0.2, 0.25) is 5.91 Å². The Labute approximate surface area is 122 Å². The first kappa shape index (κ1) is 14.1. The van der Waals surface area contributed by atoms with Crippen molar-refractivity contribution in [2.75, 3.05) is 6.54 Å². The third kappa shape index (κ3) is 2.14. The highest BCUT2D eigenvalue weighted by Crippen LogP contribution is 2.41. The lowest BCUT2D eigenvalue weighted by atomic mass is 9.72. The van der Waals surface area contributed by atoms with Crippen LogP contribution >= 0.6 is 0 Å². The number of nitriles is 1. The molecule has 0 aromatic rings. The smallest absolute Gasteiger partial charge is 0.408 e. The van der Waals surface area contributed by atoms with Crippen molar-refractivity contribution in [1.29, 1.82) is 5.26 Å². The summed E-state index contributed by atoms with van der Waals surface area (Å²) in [6.45, 7) is 0.495. The zero-order valence-electron chi connectivity index (χ0n) is 11.7. The molecule has 114 valence electrons. The second-order valence-electron chi connectivity index (χ2n) is 6.15. The van der Waals surface area contributed by atoms with Crippen LogP contribution in [0.2, 0.25) is 0 Å². The van der Waals surface area contributed by atoms with Crippen LogP contribution in [0.15, 0.2) is 0 Å². The maximum atomic E-state index is 12.8. The van der Waals surface area contributed by atoms with E-state index in [0.717, 1.165) is 6.42 Å². The number of aliphatic hydroxyl groups excluding tert-OH is 1. The Kier molecular flexibility index (Phi) is 3.49. The third-order valence-electron chi connectivity index (χ3n) is 5.10. The summed E-state index contributed by atoms with van der Waals surface area (Å²) in [6, 6.07) is 0.517. The highest BCUT2D eigenvalue weighted by Gasteiger charge is 2.53. The summed E-state index contributed by atoms with van der Waals surface area (Å²) in [4.78, 5) is 27.0. The van der Waals surface area contributed by atoms with E-state index in [-0.39, 0.29) is 17.9 Å². The van der Waals surface area contributed by atoms with Crippen LogP contribution in [-0.2, 0) is 4.79 Å². The number of carboxylic acid groups (broad SMARTS) is 1. The van der Waals surface area contributed by atoms with Gasteiger partial charge in [0, 0.05) is 18.5 Å². The van der Waals surface area contributed by atoms with E-state index in [1.807, 2.05) is 0 Å². The highest BCUT2D eigenvalue weighted by molar-refractivity contribution is 5.87. The number of aliphatic hydroxyl groups is 1. The molecule has 1 saturated carbocycles. The number of hydrogen-bond donors (Lipinski definition) is 2. The zero-order chi connectivity index (χ0) is 15.1. The zero-order valence-corrected chi connectivity index (χ0v) is 11.7. The van der Waals surface area contributed by atoms with Crippen LogP contribution in [0, 0.1) is 17.2 Å². The lowest BCUT2D eigenvalue weighted by Crippen LogP contribution is -2.66. The molecule has 0 spiro atoms. The number of carbonyl (C=O) groups excluding carboxylic acids is 1. The standard InChI is InChI=1S/C14H19N3O4/c15-7-9-2-1-5-16(9)13(19)12-10-4-3-8(6-11(10)18)17(12)14(20)21/h8-12,18H,1-6H2,(H,20,21)/t8-,9-,10+,11+,12-/m0/s1. The van der Waals surface area contributed by atoms with Gasteiger partial charge in [-0.2, -0.15) is 5.26 Å². The molecule has 0 aromatic heterocycles. The number of fused-ring (bicyclic) bond motifs is 3. The summed E-state index contributed by atoms with van der Waals surface area (Å²) in [7, 11) is 0. The molecule has 1 aliphatic carbocycles. The number of nitrogens with zero attached hydrogens (tertiary/aromatic N) is 3. The summed E-state index contributed by atoms with van der Waals surface area (Å²) < 4.78 is 0. The Morgan fingerprint density at radius 2 is 2.00 bits per heavy atom. The molecule has 2 N–H and O–H groups in total. The minimum Gasteiger partial charge on any atom is -0.465 e. The maximum absolute atomic E-state index is 12.8. The highest BCUT2D eigenvalue weighted by atomic mass is 16.4. The molecule has 3 saturated heterocycles. The summed E-state index contributed by atoms with van der Waals surface area (Å²) in [5.74, 6) is -0.659. The molecular formula is C14H19N3O4. The van der Waals surface area contributed by atoms with Gasteiger partial charge in [-0.1, -0.05) is 0 Å². The van der Waals surface area contributed by atoms with Gasteiger partial charge in [0.25, 0.3) is 0 Å². The second kappa shape index (κ2) is 5.19. The first-order valence-corrected chi connectivity index (χ1v) is 7.44. The monoisotopic (exact) mass is 293 g/mol. The molecule has 7 heteroatoms. The quantitative estimate of drug-likeness (QED) is 0.727. The van der Waals surface area contributed by atoms with E-state index in [1.54, 1.807) is 0 Å². The molecule has 0 unspecified atom stereocenters. The average Bonchev–Trinajstić information content (AvgIpc) is 2.94. The van der Waals surface area contributed by atoms with Crippen molar-refractivity contribution in [1.82, 2.24) is 9.80 Å². The minimum absolute atomic E-state index is 0.292. The van der Waals surface area contributed by atoms with E-state index in [4.69, 9.17) is 5.26 Å². The van der Waals surface area contributed by atoms with Gasteiger partial charge in [0.15, 0.2) is 0 Å². The summed E-state index contributed by atoms with van der Waals surface area (Å²) in [5, 5.41) is 28.7. The Morgan fingerprint density at radius 1 is 1.24 bits per heavy atom. The predicted molar refractivity (Wildman–Crippen MR) is 71.1 cm³/mol. The molecule has 2 amide bonds. The van der Waals surface area contributed by atoms with E-state index >= 15 is 0 Å². The van der Waals surface area contributed by atoms with Crippen molar-refractivity contribution in [3.05, 3.63) is 0 Å². The normalized spacial score (nSPS) is 38.4. The number of carbonyl (C=O) groups is 2. The van der Waals surface area contributed by atoms with Gasteiger partial charge in [-0.05, 0) is 32.1 Å². The Hall–Kier alpha value is -1.81. The minimum atomic E-state index is -1.11. The van der Waals surface area contributed by atoms with Crippen LogP contribution in [0.25, 0.3) is 0 Å². The SMILES string of the molecule is N#C[C@@H]1CCCN1C(=O)[C@@H]1[C@@H]2CC[C@@H](C[C@H]2O)N1C(=O)O. The van der Waals surface area contributed by atoms with E-state index in [0.29, 0.717) is 32.2 Å². The molecule has 4 fully saturated rings. The van der Waals surface area contributed by atoms with E-state index < -0.39 is 24.3 Å². The first-order valence-electron chi connectivity index (χ1n) is 7.44. The molecule has 3 heterocycles. The molecule has 0 radical (unpaired) electrons. The summed E-state index contributed by atoms with van der Waals surface area (Å²) in [5.41, 5.74) is 0. The van der Waals surface area contributed by atoms with Crippen molar-refractivity contribution in [3.8, 4) is 6.07 Å². The lowest BCUT2D eigenvalue weighted by molar-refractivity contribution is -0.151. The fourth-order valence-electron chi connectivity index (χ4n) is 4.11. The average molecular weight is 293 g/mol. The van der Waals surface area contributed by atoms with E-state index in [9.17, 15) is 19.8 Å². The second-order valence-corrected chi connectivity index (χ2v) is 6.15. The number of amides is 2. The van der Waals surface area contributed by atoms with Gasteiger partial charge in [-0.15, -0.1) is 0 Å². The fraction of sp³-hybridized carbons (Fsp3) is 0.786. The Balaban J connectivity index is 1.89. The molecule has 0 aromatic carbocycles. The van der Waals surface area contributed by atoms with Crippen LogP contribution in [0.1, 0.15) is 32.1 Å². The molecule has 7 nitrogen and oxygen atoms in total.